The standard InChI is InChI=1S/C30H29Cl2F2N3O6S/c1-2-44(40,41)25-10-5-20(6-11-25)30(39,13-14-35)36-28(38)19-3-8-22(9-4-19)37-17-24(16-23(37)18-42-29(33)34)43-27-12-7-21(31)15-26(27)32/h3-12,15,23-24,29,39H,2,13,16-18H2,1H3,(H,36,38)/t23-,24+,30-/m0/s1. The van der Waals surface area contributed by atoms with Crippen LogP contribution in [-0.2, 0) is 20.3 Å². The highest BCUT2D eigenvalue weighted by molar-refractivity contribution is 7.91. The number of halogens is 4. The van der Waals surface area contributed by atoms with E-state index in [4.69, 9.17) is 27.9 Å². The highest BCUT2D eigenvalue weighted by Gasteiger charge is 2.36. The molecule has 3 atom stereocenters. The fourth-order valence-electron chi connectivity index (χ4n) is 4.87. The first-order valence-electron chi connectivity index (χ1n) is 13.5. The molecule has 0 saturated carbocycles. The van der Waals surface area contributed by atoms with Crippen molar-refractivity contribution in [1.29, 1.82) is 5.26 Å². The SMILES string of the molecule is CCS(=O)(=O)c1ccc([C@@](O)(CC#N)NC(=O)c2ccc(N3C[C@H](Oc4ccc(Cl)cc4Cl)C[C@H]3COC(F)F)cc2)cc1. The number of benzene rings is 3. The largest absolute Gasteiger partial charge is 0.487 e. The Morgan fingerprint density at radius 1 is 1.16 bits per heavy atom. The van der Waals surface area contributed by atoms with E-state index >= 15 is 0 Å². The van der Waals surface area contributed by atoms with Gasteiger partial charge in [-0.15, -0.1) is 0 Å². The molecule has 1 heterocycles. The maximum atomic E-state index is 13.1. The predicted molar refractivity (Wildman–Crippen MR) is 161 cm³/mol. The maximum Gasteiger partial charge on any atom is 0.345 e. The molecule has 44 heavy (non-hydrogen) atoms. The van der Waals surface area contributed by atoms with Crippen molar-refractivity contribution in [3.05, 3.63) is 87.9 Å². The van der Waals surface area contributed by atoms with E-state index in [9.17, 15) is 32.4 Å². The average molecular weight is 669 g/mol. The zero-order valence-electron chi connectivity index (χ0n) is 23.4. The molecule has 1 aliphatic heterocycles. The highest BCUT2D eigenvalue weighted by atomic mass is 35.5. The van der Waals surface area contributed by atoms with E-state index < -0.39 is 46.6 Å². The molecule has 3 aromatic rings. The van der Waals surface area contributed by atoms with Crippen LogP contribution in [-0.4, -0.2) is 57.1 Å². The lowest BCUT2D eigenvalue weighted by molar-refractivity contribution is -0.131. The van der Waals surface area contributed by atoms with Crippen LogP contribution in [0.25, 0.3) is 0 Å². The van der Waals surface area contributed by atoms with E-state index in [1.165, 1.54) is 49.4 Å². The van der Waals surface area contributed by atoms with Crippen LogP contribution in [0.3, 0.4) is 0 Å². The third-order valence-corrected chi connectivity index (χ3v) is 9.45. The summed E-state index contributed by atoms with van der Waals surface area (Å²) in [5.41, 5.74) is -1.21. The molecule has 3 aromatic carbocycles. The molecule has 1 aliphatic rings. The molecule has 1 amide bonds. The first-order chi connectivity index (χ1) is 20.8. The lowest BCUT2D eigenvalue weighted by Gasteiger charge is -2.28. The molecule has 14 heteroatoms. The summed E-state index contributed by atoms with van der Waals surface area (Å²) in [6.45, 7) is -1.40. The summed E-state index contributed by atoms with van der Waals surface area (Å²) in [6, 6.07) is 17.7. The van der Waals surface area contributed by atoms with Gasteiger partial charge in [0.2, 0.25) is 0 Å². The van der Waals surface area contributed by atoms with Crippen LogP contribution in [0.15, 0.2) is 71.6 Å². The van der Waals surface area contributed by atoms with Gasteiger partial charge in [-0.2, -0.15) is 14.0 Å². The number of anilines is 1. The molecule has 9 nitrogen and oxygen atoms in total. The number of hydrogen-bond donors (Lipinski definition) is 2. The Hall–Kier alpha value is -3.47. The van der Waals surface area contributed by atoms with Gasteiger partial charge in [0.15, 0.2) is 15.6 Å². The third-order valence-electron chi connectivity index (χ3n) is 7.17. The lowest BCUT2D eigenvalue weighted by atomic mass is 9.99. The number of amides is 1. The number of nitriles is 1. The first-order valence-corrected chi connectivity index (χ1v) is 15.9. The normalized spacial score (nSPS) is 18.1. The van der Waals surface area contributed by atoms with Crippen LogP contribution in [0, 0.1) is 11.3 Å². The second-order valence-electron chi connectivity index (χ2n) is 10.1. The van der Waals surface area contributed by atoms with Crippen molar-refractivity contribution in [2.75, 3.05) is 23.8 Å². The summed E-state index contributed by atoms with van der Waals surface area (Å²) in [4.78, 5) is 15.0. The van der Waals surface area contributed by atoms with Crippen LogP contribution in [0.2, 0.25) is 10.0 Å². The van der Waals surface area contributed by atoms with Gasteiger partial charge in [0, 0.05) is 28.3 Å². The summed E-state index contributed by atoms with van der Waals surface area (Å²) in [5.74, 6) is -0.407. The molecular formula is C30H29Cl2F2N3O6S. The number of sulfone groups is 1. The molecule has 0 unspecified atom stereocenters. The van der Waals surface area contributed by atoms with Crippen molar-refractivity contribution in [3.63, 3.8) is 0 Å². The zero-order valence-corrected chi connectivity index (χ0v) is 25.7. The summed E-state index contributed by atoms with van der Waals surface area (Å²) < 4.78 is 60.7. The van der Waals surface area contributed by atoms with E-state index in [0.29, 0.717) is 34.4 Å². The number of alkyl halides is 2. The van der Waals surface area contributed by atoms with Gasteiger partial charge >= 0.3 is 6.61 Å². The Morgan fingerprint density at radius 3 is 2.43 bits per heavy atom. The van der Waals surface area contributed by atoms with Gasteiger partial charge in [-0.05, 0) is 54.6 Å². The van der Waals surface area contributed by atoms with Crippen molar-refractivity contribution in [2.24, 2.45) is 0 Å². The Bertz CT molecular complexity index is 1620. The van der Waals surface area contributed by atoms with Crippen LogP contribution in [0.1, 0.15) is 35.7 Å². The van der Waals surface area contributed by atoms with Crippen LogP contribution >= 0.6 is 23.2 Å². The number of nitrogens with zero attached hydrogens (tertiary/aromatic N) is 2. The molecule has 4 rings (SSSR count). The highest BCUT2D eigenvalue weighted by Crippen LogP contribution is 2.33. The molecule has 0 aromatic heterocycles. The van der Waals surface area contributed by atoms with Gasteiger partial charge < -0.3 is 24.8 Å². The van der Waals surface area contributed by atoms with Crippen LogP contribution < -0.4 is 15.0 Å². The number of aliphatic hydroxyl groups is 1. The monoisotopic (exact) mass is 667 g/mol. The quantitative estimate of drug-likeness (QED) is 0.241. The minimum absolute atomic E-state index is 0.0491. The molecule has 0 radical (unpaired) electrons. The van der Waals surface area contributed by atoms with Crippen molar-refractivity contribution in [2.45, 2.75) is 49.1 Å². The molecule has 1 fully saturated rings. The van der Waals surface area contributed by atoms with E-state index in [-0.39, 0.29) is 28.4 Å². The maximum absolute atomic E-state index is 13.1. The second kappa shape index (κ2) is 14.1. The molecule has 0 bridgehead atoms. The Kier molecular flexibility index (Phi) is 10.7. The molecule has 0 spiro atoms. The molecular weight excluding hydrogens is 639 g/mol. The Balaban J connectivity index is 1.50. The smallest absolute Gasteiger partial charge is 0.345 e. The summed E-state index contributed by atoms with van der Waals surface area (Å²) in [6.07, 6.45) is -0.564. The van der Waals surface area contributed by atoms with E-state index in [0.717, 1.165) is 0 Å². The Labute approximate surface area is 263 Å². The van der Waals surface area contributed by atoms with Gasteiger partial charge in [-0.25, -0.2) is 8.42 Å². The second-order valence-corrected chi connectivity index (χ2v) is 13.2. The summed E-state index contributed by atoms with van der Waals surface area (Å²) >= 11 is 12.2. The third kappa shape index (κ3) is 7.97. The lowest BCUT2D eigenvalue weighted by Crippen LogP contribution is -2.45. The van der Waals surface area contributed by atoms with E-state index in [1.54, 1.807) is 24.3 Å². The van der Waals surface area contributed by atoms with Crippen molar-refractivity contribution in [3.8, 4) is 11.8 Å². The van der Waals surface area contributed by atoms with Gasteiger partial charge in [0.05, 0.1) is 47.4 Å². The number of ether oxygens (including phenoxy) is 2. The molecule has 1 saturated heterocycles. The molecule has 234 valence electrons. The minimum atomic E-state index is -3.49. The van der Waals surface area contributed by atoms with Gasteiger partial charge in [0.1, 0.15) is 11.9 Å². The summed E-state index contributed by atoms with van der Waals surface area (Å²) in [7, 11) is -3.49. The number of carbonyl (C=O) groups excluding carboxylic acids is 1. The summed E-state index contributed by atoms with van der Waals surface area (Å²) in [5, 5.41) is 23.7. The first kappa shape index (κ1) is 33.4. The Morgan fingerprint density at radius 2 is 1.84 bits per heavy atom. The minimum Gasteiger partial charge on any atom is -0.487 e. The fraction of sp³-hybridized carbons (Fsp3) is 0.333. The van der Waals surface area contributed by atoms with Crippen LogP contribution in [0.4, 0.5) is 14.5 Å². The van der Waals surface area contributed by atoms with Crippen LogP contribution in [0.5, 0.6) is 5.75 Å². The van der Waals surface area contributed by atoms with Gasteiger partial charge in [-0.1, -0.05) is 42.3 Å². The molecule has 0 aliphatic carbocycles. The van der Waals surface area contributed by atoms with E-state index in [2.05, 4.69) is 10.1 Å². The zero-order chi connectivity index (χ0) is 32.1. The number of nitrogens with one attached hydrogen (secondary N) is 1. The number of rotatable bonds is 12. The van der Waals surface area contributed by atoms with Crippen molar-refractivity contribution >= 4 is 44.6 Å². The van der Waals surface area contributed by atoms with E-state index in [1.807, 2.05) is 11.0 Å². The number of carbonyl (C=O) groups is 1. The van der Waals surface area contributed by atoms with Gasteiger partial charge in [-0.3, -0.25) is 4.79 Å². The van der Waals surface area contributed by atoms with Crippen molar-refractivity contribution in [1.82, 2.24) is 5.32 Å². The fourth-order valence-corrected chi connectivity index (χ4v) is 6.21. The topological polar surface area (TPSA) is 129 Å². The average Bonchev–Trinajstić information content (AvgIpc) is 3.40. The molecule has 2 N–H and O–H groups in total. The number of hydrogen-bond acceptors (Lipinski definition) is 8. The predicted octanol–water partition coefficient (Wildman–Crippen LogP) is 5.54. The van der Waals surface area contributed by atoms with Crippen molar-refractivity contribution < 1.29 is 36.6 Å². The van der Waals surface area contributed by atoms with Gasteiger partial charge in [0.25, 0.3) is 5.91 Å².